The summed E-state index contributed by atoms with van der Waals surface area (Å²) in [6, 6.07) is 76.4. The summed E-state index contributed by atoms with van der Waals surface area (Å²) in [6.45, 7) is 0. The Kier molecular flexibility index (Phi) is 7.69. The molecule has 1 aliphatic heterocycles. The fourth-order valence-electron chi connectivity index (χ4n) is 12.4. The predicted molar refractivity (Wildman–Crippen MR) is 286 cm³/mol. The Bertz CT molecular complexity index is 4440. The third kappa shape index (κ3) is 5.08. The molecular weight excluding hydrogens is 869 g/mol. The van der Waals surface area contributed by atoms with Crippen LogP contribution in [0, 0.1) is 0 Å². The molecule has 71 heavy (non-hydrogen) atoms. The summed E-state index contributed by atoms with van der Waals surface area (Å²) < 4.78 is 14.2. The van der Waals surface area contributed by atoms with E-state index in [4.69, 9.17) is 19.7 Å². The predicted octanol–water partition coefficient (Wildman–Crippen LogP) is 15.3. The number of para-hydroxylation sites is 5. The van der Waals surface area contributed by atoms with Crippen molar-refractivity contribution in [3.8, 4) is 51.2 Å². The first-order valence-electron chi connectivity index (χ1n) is 24.1. The van der Waals surface area contributed by atoms with Crippen LogP contribution in [0.4, 0.5) is 0 Å². The Morgan fingerprint density at radius 2 is 0.817 bits per heavy atom. The van der Waals surface area contributed by atoms with E-state index in [-0.39, 0.29) is 0 Å². The Morgan fingerprint density at radius 1 is 0.324 bits per heavy atom. The second kappa shape index (κ2) is 14.2. The van der Waals surface area contributed by atoms with E-state index in [1.807, 2.05) is 24.7 Å². The molecule has 16 rings (SSSR count). The molecule has 330 valence electrons. The van der Waals surface area contributed by atoms with Gasteiger partial charge >= 0.3 is 0 Å². The first-order chi connectivity index (χ1) is 35.2. The van der Waals surface area contributed by atoms with Crippen LogP contribution in [0.5, 0.6) is 11.5 Å². The maximum Gasteiger partial charge on any atom is 0.162 e. The maximum atomic E-state index is 7.16. The molecule has 0 N–H and O–H groups in total. The van der Waals surface area contributed by atoms with Gasteiger partial charge in [0.05, 0.1) is 55.6 Å². The van der Waals surface area contributed by atoms with Crippen LogP contribution < -0.4 is 4.74 Å². The molecule has 7 nitrogen and oxygen atoms in total. The van der Waals surface area contributed by atoms with Crippen molar-refractivity contribution in [2.45, 2.75) is 5.41 Å². The van der Waals surface area contributed by atoms with E-state index < -0.39 is 5.41 Å². The Balaban J connectivity index is 0.896. The standard InChI is InChI=1S/C64H38N6O/c1-6-21-52-42(14-1)43-15-2-7-22-53(43)68(52)41-29-30-48-60(38-41)71-59-32-28-40(37-51(59)64(48)49-19-11-33-65-61(49)62-50(64)20-12-34-66-62)39-27-31-57-47(36-39)46-18-5-10-25-56(46)70(57)63-58(26-13-35-67-63)69-54-23-8-3-16-44(54)45-17-4-9-24-55(45)69/h1-38H. The van der Waals surface area contributed by atoms with Crippen molar-refractivity contribution >= 4 is 65.4 Å². The van der Waals surface area contributed by atoms with Crippen molar-refractivity contribution in [1.82, 2.24) is 28.7 Å². The molecule has 7 heterocycles. The lowest BCUT2D eigenvalue weighted by Gasteiger charge is -2.39. The average molecular weight is 907 g/mol. The number of hydrogen-bond acceptors (Lipinski definition) is 4. The molecule has 0 radical (unpaired) electrons. The van der Waals surface area contributed by atoms with Gasteiger partial charge in [0.1, 0.15) is 11.5 Å². The number of rotatable bonds is 4. The molecule has 0 bridgehead atoms. The van der Waals surface area contributed by atoms with Gasteiger partial charge in [0.25, 0.3) is 0 Å². The van der Waals surface area contributed by atoms with Gasteiger partial charge in [-0.05, 0) is 107 Å². The minimum atomic E-state index is -0.756. The smallest absolute Gasteiger partial charge is 0.162 e. The Hall–Kier alpha value is -9.59. The number of ether oxygens (including phenoxy) is 1. The monoisotopic (exact) mass is 906 g/mol. The number of nitrogens with zero attached hydrogens (tertiary/aromatic N) is 6. The van der Waals surface area contributed by atoms with E-state index >= 15 is 0 Å². The van der Waals surface area contributed by atoms with Crippen molar-refractivity contribution in [2.24, 2.45) is 0 Å². The molecule has 0 atom stereocenters. The van der Waals surface area contributed by atoms with Gasteiger partial charge in [-0.15, -0.1) is 0 Å². The first kappa shape index (κ1) is 38.4. The number of aromatic nitrogens is 6. The zero-order chi connectivity index (χ0) is 46.4. The molecule has 8 aromatic carbocycles. The second-order valence-corrected chi connectivity index (χ2v) is 18.7. The molecule has 0 unspecified atom stereocenters. The molecule has 7 heteroatoms. The van der Waals surface area contributed by atoms with Crippen molar-refractivity contribution in [3.05, 3.63) is 253 Å². The van der Waals surface area contributed by atoms with Crippen LogP contribution in [-0.4, -0.2) is 28.7 Å². The molecule has 14 aromatic rings. The minimum absolute atomic E-state index is 0.756. The molecule has 6 aromatic heterocycles. The van der Waals surface area contributed by atoms with Crippen molar-refractivity contribution in [2.75, 3.05) is 0 Å². The van der Waals surface area contributed by atoms with Gasteiger partial charge in [-0.25, -0.2) is 4.98 Å². The molecule has 1 aliphatic carbocycles. The zero-order valence-corrected chi connectivity index (χ0v) is 38.0. The van der Waals surface area contributed by atoms with Crippen molar-refractivity contribution in [1.29, 1.82) is 0 Å². The van der Waals surface area contributed by atoms with E-state index in [1.54, 1.807) is 0 Å². The molecule has 0 amide bonds. The number of pyridine rings is 3. The van der Waals surface area contributed by atoms with Gasteiger partial charge in [0.2, 0.25) is 0 Å². The molecule has 0 fully saturated rings. The highest BCUT2D eigenvalue weighted by atomic mass is 16.5. The van der Waals surface area contributed by atoms with Crippen LogP contribution in [0.3, 0.4) is 0 Å². The van der Waals surface area contributed by atoms with Gasteiger partial charge in [-0.1, -0.05) is 121 Å². The third-order valence-electron chi connectivity index (χ3n) is 15.3. The van der Waals surface area contributed by atoms with E-state index in [0.717, 1.165) is 117 Å². The van der Waals surface area contributed by atoms with Crippen LogP contribution in [0.25, 0.3) is 105 Å². The third-order valence-corrected chi connectivity index (χ3v) is 15.3. The molecular formula is C64H38N6O. The van der Waals surface area contributed by atoms with Crippen LogP contribution in [0.15, 0.2) is 231 Å². The number of hydrogen-bond donors (Lipinski definition) is 0. The summed E-state index contributed by atoms with van der Waals surface area (Å²) in [4.78, 5) is 15.2. The van der Waals surface area contributed by atoms with E-state index in [2.05, 4.69) is 220 Å². The average Bonchev–Trinajstić information content (AvgIpc) is 4.16. The lowest BCUT2D eigenvalue weighted by Crippen LogP contribution is -2.32. The van der Waals surface area contributed by atoms with Gasteiger partial charge in [0.15, 0.2) is 5.82 Å². The molecule has 1 spiro atoms. The fraction of sp³-hybridized carbons (Fsp3) is 0.0156. The SMILES string of the molecule is c1cnc(-n2c3ccccc3c3cc(-c4ccc5c(c4)C4(c6ccc(-n7c8ccccc8c8ccccc87)cc6O5)c5cccnc5-c5ncccc54)ccc32)c(-n2c3ccccc3c3ccccc32)c1. The highest BCUT2D eigenvalue weighted by molar-refractivity contribution is 6.12. The Morgan fingerprint density at radius 3 is 1.44 bits per heavy atom. The zero-order valence-electron chi connectivity index (χ0n) is 38.0. The summed E-state index contributed by atoms with van der Waals surface area (Å²) in [5, 5.41) is 7.17. The summed E-state index contributed by atoms with van der Waals surface area (Å²) >= 11 is 0. The first-order valence-corrected chi connectivity index (χ1v) is 24.1. The van der Waals surface area contributed by atoms with Crippen LogP contribution in [0.2, 0.25) is 0 Å². The fourth-order valence-corrected chi connectivity index (χ4v) is 12.4. The lowest BCUT2D eigenvalue weighted by atomic mass is 9.66. The largest absolute Gasteiger partial charge is 0.457 e. The molecule has 0 saturated heterocycles. The van der Waals surface area contributed by atoms with E-state index in [0.29, 0.717) is 0 Å². The normalized spacial score (nSPS) is 13.3. The Labute approximate surface area is 406 Å². The maximum absolute atomic E-state index is 7.16. The van der Waals surface area contributed by atoms with E-state index in [9.17, 15) is 0 Å². The summed E-state index contributed by atoms with van der Waals surface area (Å²) in [5.41, 5.74) is 16.3. The summed E-state index contributed by atoms with van der Waals surface area (Å²) in [7, 11) is 0. The van der Waals surface area contributed by atoms with Crippen LogP contribution in [0.1, 0.15) is 22.3 Å². The topological polar surface area (TPSA) is 62.7 Å². The second-order valence-electron chi connectivity index (χ2n) is 18.7. The van der Waals surface area contributed by atoms with Crippen LogP contribution >= 0.6 is 0 Å². The van der Waals surface area contributed by atoms with Gasteiger partial charge in [0, 0.05) is 73.8 Å². The number of benzene rings is 8. The van der Waals surface area contributed by atoms with Crippen molar-refractivity contribution in [3.63, 3.8) is 0 Å². The highest BCUT2D eigenvalue weighted by Crippen LogP contribution is 2.62. The van der Waals surface area contributed by atoms with Gasteiger partial charge in [-0.2, -0.15) is 0 Å². The van der Waals surface area contributed by atoms with Gasteiger partial charge < -0.3 is 13.9 Å². The molecule has 2 aliphatic rings. The van der Waals surface area contributed by atoms with Gasteiger partial charge in [-0.3, -0.25) is 14.5 Å². The molecule has 0 saturated carbocycles. The summed E-state index contributed by atoms with van der Waals surface area (Å²) in [5.74, 6) is 2.48. The quantitative estimate of drug-likeness (QED) is 0.176. The summed E-state index contributed by atoms with van der Waals surface area (Å²) in [6.07, 6.45) is 5.66. The number of fused-ring (bicyclic) bond motifs is 18. The highest BCUT2D eigenvalue weighted by Gasteiger charge is 2.52. The van der Waals surface area contributed by atoms with Crippen molar-refractivity contribution < 1.29 is 4.74 Å². The lowest BCUT2D eigenvalue weighted by molar-refractivity contribution is 0.436. The minimum Gasteiger partial charge on any atom is -0.457 e. The van der Waals surface area contributed by atoms with E-state index in [1.165, 1.54) is 21.5 Å². The van der Waals surface area contributed by atoms with Crippen LogP contribution in [-0.2, 0) is 5.41 Å².